The molecule has 6 heteroatoms. The molecule has 144 valence electrons. The number of amides is 1. The second-order valence-corrected chi connectivity index (χ2v) is 8.89. The van der Waals surface area contributed by atoms with Crippen molar-refractivity contribution in [3.63, 3.8) is 0 Å². The summed E-state index contributed by atoms with van der Waals surface area (Å²) in [4.78, 5) is 52.6. The summed E-state index contributed by atoms with van der Waals surface area (Å²) in [6.45, 7) is 8.09. The highest BCUT2D eigenvalue weighted by atomic mass is 16.2. The Morgan fingerprint density at radius 1 is 0.963 bits per heavy atom. The quantitative estimate of drug-likeness (QED) is 0.738. The highest BCUT2D eigenvalue weighted by molar-refractivity contribution is 5.90. The van der Waals surface area contributed by atoms with Gasteiger partial charge in [0, 0.05) is 48.6 Å². The van der Waals surface area contributed by atoms with Crippen LogP contribution in [0.1, 0.15) is 34.6 Å². The summed E-state index contributed by atoms with van der Waals surface area (Å²) >= 11 is 0. The molecule has 3 aliphatic heterocycles. The van der Waals surface area contributed by atoms with Gasteiger partial charge in [-0.15, -0.1) is 6.42 Å². The van der Waals surface area contributed by atoms with Gasteiger partial charge in [0.1, 0.15) is 17.3 Å². The average molecular weight is 370 g/mol. The standard InChI is InChI=1S/C21H26N2O4/c1-7-21-8(2)13-14(9(3)24)18-16(17(21)11(5)26)15(10(4)25)19(21)22-20(13)23(18)12(6)27/h1,8,13-20,22H,2-6H3. The van der Waals surface area contributed by atoms with Gasteiger partial charge < -0.3 is 4.90 Å². The van der Waals surface area contributed by atoms with Crippen molar-refractivity contribution in [2.45, 2.75) is 52.9 Å². The predicted octanol–water partition coefficient (Wildman–Crippen LogP) is 0.646. The molecule has 0 radical (unpaired) electrons. The van der Waals surface area contributed by atoms with Gasteiger partial charge in [-0.3, -0.25) is 24.5 Å². The fourth-order valence-electron chi connectivity index (χ4n) is 7.47. The normalized spacial score (nSPS) is 49.0. The van der Waals surface area contributed by atoms with Crippen molar-refractivity contribution >= 4 is 23.3 Å². The van der Waals surface area contributed by atoms with E-state index in [1.165, 1.54) is 20.8 Å². The Bertz CT molecular complexity index is 813. The van der Waals surface area contributed by atoms with E-state index >= 15 is 0 Å². The first-order valence-corrected chi connectivity index (χ1v) is 9.65. The number of hydrogen-bond acceptors (Lipinski definition) is 5. The lowest BCUT2D eigenvalue weighted by Gasteiger charge is -2.52. The van der Waals surface area contributed by atoms with Crippen LogP contribution < -0.4 is 5.32 Å². The van der Waals surface area contributed by atoms with Crippen LogP contribution in [0.4, 0.5) is 0 Å². The van der Waals surface area contributed by atoms with Crippen molar-refractivity contribution < 1.29 is 19.2 Å². The zero-order chi connectivity index (χ0) is 20.0. The highest BCUT2D eigenvalue weighted by Gasteiger charge is 2.78. The van der Waals surface area contributed by atoms with E-state index in [4.69, 9.17) is 6.42 Å². The van der Waals surface area contributed by atoms with Gasteiger partial charge in [-0.05, 0) is 26.7 Å². The molecule has 27 heavy (non-hydrogen) atoms. The number of rotatable bonds is 3. The molecule has 5 rings (SSSR count). The Hall–Kier alpha value is -2.00. The van der Waals surface area contributed by atoms with Gasteiger partial charge >= 0.3 is 0 Å². The predicted molar refractivity (Wildman–Crippen MR) is 96.9 cm³/mol. The largest absolute Gasteiger partial charge is 0.323 e. The van der Waals surface area contributed by atoms with Crippen LogP contribution in [0.3, 0.4) is 0 Å². The molecular formula is C21H26N2O4. The van der Waals surface area contributed by atoms with Crippen molar-refractivity contribution in [1.82, 2.24) is 10.2 Å². The minimum atomic E-state index is -0.806. The third kappa shape index (κ3) is 1.86. The fourth-order valence-corrected chi connectivity index (χ4v) is 7.47. The van der Waals surface area contributed by atoms with E-state index < -0.39 is 35.1 Å². The zero-order valence-electron chi connectivity index (χ0n) is 16.4. The number of piperidine rings is 1. The number of nitrogens with one attached hydrogen (secondary N) is 1. The molecule has 0 aromatic rings. The second kappa shape index (κ2) is 5.51. The van der Waals surface area contributed by atoms with E-state index in [1.54, 1.807) is 11.8 Å². The van der Waals surface area contributed by atoms with Gasteiger partial charge in [-0.25, -0.2) is 0 Å². The Labute approximate surface area is 159 Å². The number of carbonyl (C=O) groups is 4. The molecular weight excluding hydrogens is 344 g/mol. The van der Waals surface area contributed by atoms with E-state index in [9.17, 15) is 19.2 Å². The van der Waals surface area contributed by atoms with Gasteiger partial charge in [-0.1, -0.05) is 12.8 Å². The molecule has 2 saturated carbocycles. The molecule has 3 heterocycles. The summed E-state index contributed by atoms with van der Waals surface area (Å²) in [5.74, 6) is 0.558. The Balaban J connectivity index is 2.07. The molecule has 10 unspecified atom stereocenters. The van der Waals surface area contributed by atoms with Gasteiger partial charge in [-0.2, -0.15) is 0 Å². The summed E-state index contributed by atoms with van der Waals surface area (Å²) in [6, 6.07) is -0.814. The van der Waals surface area contributed by atoms with Gasteiger partial charge in [0.05, 0.1) is 11.6 Å². The fraction of sp³-hybridized carbons (Fsp3) is 0.714. The first-order chi connectivity index (χ1) is 12.6. The van der Waals surface area contributed by atoms with Crippen LogP contribution in [-0.2, 0) is 19.2 Å². The Kier molecular flexibility index (Phi) is 3.75. The molecule has 1 amide bonds. The van der Waals surface area contributed by atoms with Crippen LogP contribution in [-0.4, -0.2) is 46.4 Å². The molecule has 5 fully saturated rings. The molecule has 1 N–H and O–H groups in total. The minimum absolute atomic E-state index is 0.00447. The third-order valence-corrected chi connectivity index (χ3v) is 8.02. The first-order valence-electron chi connectivity index (χ1n) is 9.65. The lowest BCUT2D eigenvalue weighted by Crippen LogP contribution is -2.66. The van der Waals surface area contributed by atoms with Gasteiger partial charge in [0.2, 0.25) is 5.91 Å². The topological polar surface area (TPSA) is 83.6 Å². The Morgan fingerprint density at radius 2 is 1.56 bits per heavy atom. The van der Waals surface area contributed by atoms with Crippen LogP contribution >= 0.6 is 0 Å². The molecule has 2 aliphatic carbocycles. The molecule has 0 aromatic carbocycles. The molecule has 0 aromatic heterocycles. The lowest BCUT2D eigenvalue weighted by atomic mass is 9.58. The van der Waals surface area contributed by atoms with Crippen molar-refractivity contribution in [3.8, 4) is 12.3 Å². The van der Waals surface area contributed by atoms with E-state index in [-0.39, 0.29) is 47.3 Å². The monoisotopic (exact) mass is 370 g/mol. The molecule has 0 spiro atoms. The number of hydrogen-bond donors (Lipinski definition) is 1. The van der Waals surface area contributed by atoms with Crippen LogP contribution in [0, 0.1) is 53.3 Å². The smallest absolute Gasteiger partial charge is 0.220 e. The molecule has 5 aliphatic rings. The maximum absolute atomic E-state index is 12.9. The van der Waals surface area contributed by atoms with Crippen molar-refractivity contribution in [2.24, 2.45) is 40.9 Å². The summed E-state index contributed by atoms with van der Waals surface area (Å²) < 4.78 is 0. The van der Waals surface area contributed by atoms with Crippen LogP contribution in [0.15, 0.2) is 0 Å². The molecule has 3 saturated heterocycles. The number of terminal acetylenes is 1. The minimum Gasteiger partial charge on any atom is -0.323 e. The van der Waals surface area contributed by atoms with Crippen molar-refractivity contribution in [3.05, 3.63) is 0 Å². The van der Waals surface area contributed by atoms with Crippen LogP contribution in [0.5, 0.6) is 0 Å². The molecule has 6 bridgehead atoms. The first kappa shape index (κ1) is 18.4. The van der Waals surface area contributed by atoms with Crippen LogP contribution in [0.25, 0.3) is 0 Å². The van der Waals surface area contributed by atoms with E-state index in [0.29, 0.717) is 0 Å². The van der Waals surface area contributed by atoms with Crippen molar-refractivity contribution in [1.29, 1.82) is 0 Å². The zero-order valence-corrected chi connectivity index (χ0v) is 16.4. The third-order valence-electron chi connectivity index (χ3n) is 8.02. The number of carbonyl (C=O) groups excluding carboxylic acids is 4. The number of ketones is 3. The van der Waals surface area contributed by atoms with Crippen LogP contribution in [0.2, 0.25) is 0 Å². The second-order valence-electron chi connectivity index (χ2n) is 8.89. The lowest BCUT2D eigenvalue weighted by molar-refractivity contribution is -0.142. The number of Topliss-reactive ketones (excluding diaryl/α,β-unsaturated/α-hetero) is 3. The summed E-state index contributed by atoms with van der Waals surface area (Å²) in [5, 5.41) is 3.49. The van der Waals surface area contributed by atoms with Gasteiger partial charge in [0.15, 0.2) is 0 Å². The maximum atomic E-state index is 12.9. The summed E-state index contributed by atoms with van der Waals surface area (Å²) in [6.07, 6.45) is 5.75. The maximum Gasteiger partial charge on any atom is 0.220 e. The SMILES string of the molecule is C#CC12C(C)C3C(C(C)=O)C4C(C(C(C)=O)C1NC3N4C(C)=O)C2C(C)=O. The summed E-state index contributed by atoms with van der Waals surface area (Å²) in [5.41, 5.74) is -0.806. The Morgan fingerprint density at radius 3 is 2.00 bits per heavy atom. The average Bonchev–Trinajstić information content (AvgIpc) is 2.97. The van der Waals surface area contributed by atoms with Crippen molar-refractivity contribution in [2.75, 3.05) is 0 Å². The van der Waals surface area contributed by atoms with E-state index in [1.807, 2.05) is 6.92 Å². The number of nitrogens with zero attached hydrogens (tertiary/aromatic N) is 1. The summed E-state index contributed by atoms with van der Waals surface area (Å²) in [7, 11) is 0. The highest BCUT2D eigenvalue weighted by Crippen LogP contribution is 2.68. The van der Waals surface area contributed by atoms with Gasteiger partial charge in [0.25, 0.3) is 0 Å². The van der Waals surface area contributed by atoms with E-state index in [0.717, 1.165) is 0 Å². The molecule has 10 atom stereocenters. The molecule has 6 nitrogen and oxygen atoms in total. The van der Waals surface area contributed by atoms with E-state index in [2.05, 4.69) is 11.2 Å².